The van der Waals surface area contributed by atoms with Gasteiger partial charge in [0.15, 0.2) is 0 Å². The van der Waals surface area contributed by atoms with Crippen molar-refractivity contribution < 1.29 is 9.53 Å². The Labute approximate surface area is 146 Å². The van der Waals surface area contributed by atoms with E-state index < -0.39 is 0 Å². The van der Waals surface area contributed by atoms with E-state index in [9.17, 15) is 4.79 Å². The van der Waals surface area contributed by atoms with Gasteiger partial charge in [0.25, 0.3) is 5.91 Å². The summed E-state index contributed by atoms with van der Waals surface area (Å²) in [6.45, 7) is 1.84. The molecule has 1 aliphatic rings. The third kappa shape index (κ3) is 2.89. The summed E-state index contributed by atoms with van der Waals surface area (Å²) in [6, 6.07) is 11.7. The van der Waals surface area contributed by atoms with Crippen molar-refractivity contribution in [3.63, 3.8) is 0 Å². The molecule has 0 bridgehead atoms. The maximum Gasteiger partial charge on any atom is 0.255 e. The lowest BCUT2D eigenvalue weighted by Gasteiger charge is -2.34. The van der Waals surface area contributed by atoms with Crippen LogP contribution in [0.3, 0.4) is 0 Å². The van der Waals surface area contributed by atoms with Crippen molar-refractivity contribution in [2.75, 3.05) is 20.3 Å². The van der Waals surface area contributed by atoms with E-state index >= 15 is 0 Å². The average Bonchev–Trinajstić information content (AvgIpc) is 3.13. The molecule has 3 heterocycles. The summed E-state index contributed by atoms with van der Waals surface area (Å²) in [5.41, 5.74) is 2.59. The molecular weight excluding hydrogens is 316 g/mol. The molecule has 0 aliphatic carbocycles. The minimum Gasteiger partial charge on any atom is -0.385 e. The fourth-order valence-corrected chi connectivity index (χ4v) is 3.46. The first-order chi connectivity index (χ1) is 12.3. The van der Waals surface area contributed by atoms with Crippen LogP contribution in [-0.2, 0) is 11.3 Å². The fourth-order valence-electron chi connectivity index (χ4n) is 3.46. The van der Waals surface area contributed by atoms with Crippen LogP contribution in [0.25, 0.3) is 10.9 Å². The van der Waals surface area contributed by atoms with Gasteiger partial charge in [-0.25, -0.2) is 0 Å². The van der Waals surface area contributed by atoms with E-state index in [-0.39, 0.29) is 11.9 Å². The van der Waals surface area contributed by atoms with Crippen molar-refractivity contribution in [1.82, 2.24) is 19.7 Å². The lowest BCUT2D eigenvalue weighted by Crippen LogP contribution is -2.41. The maximum atomic E-state index is 13.2. The number of hydrogen-bond acceptors (Lipinski definition) is 4. The fraction of sp³-hybridized carbons (Fsp3) is 0.316. The van der Waals surface area contributed by atoms with Crippen LogP contribution in [0.2, 0.25) is 0 Å². The number of para-hydroxylation sites is 1. The summed E-state index contributed by atoms with van der Waals surface area (Å²) in [4.78, 5) is 19.5. The highest BCUT2D eigenvalue weighted by Gasteiger charge is 2.29. The zero-order valence-electron chi connectivity index (χ0n) is 14.1. The zero-order valence-corrected chi connectivity index (χ0v) is 14.1. The largest absolute Gasteiger partial charge is 0.385 e. The first kappa shape index (κ1) is 15.8. The van der Waals surface area contributed by atoms with Crippen LogP contribution >= 0.6 is 0 Å². The Balaban J connectivity index is 1.66. The van der Waals surface area contributed by atoms with Crippen LogP contribution in [0, 0.1) is 0 Å². The number of amides is 1. The summed E-state index contributed by atoms with van der Waals surface area (Å²) in [5.74, 6) is 0.0356. The Kier molecular flexibility index (Phi) is 4.19. The number of fused-ring (bicyclic) bond motifs is 2. The Hall–Kier alpha value is -2.73. The average molecular weight is 336 g/mol. The number of methoxy groups -OCH3 is 1. The number of aromatic nitrogens is 3. The molecule has 2 aromatic heterocycles. The molecule has 25 heavy (non-hydrogen) atoms. The van der Waals surface area contributed by atoms with Gasteiger partial charge in [-0.15, -0.1) is 0 Å². The summed E-state index contributed by atoms with van der Waals surface area (Å²) >= 11 is 0. The van der Waals surface area contributed by atoms with Gasteiger partial charge in [-0.05, 0) is 24.6 Å². The first-order valence-electron chi connectivity index (χ1n) is 8.42. The van der Waals surface area contributed by atoms with Crippen LogP contribution < -0.4 is 0 Å². The third-order valence-electron chi connectivity index (χ3n) is 4.70. The highest BCUT2D eigenvalue weighted by atomic mass is 16.5. The highest BCUT2D eigenvalue weighted by Crippen LogP contribution is 2.26. The van der Waals surface area contributed by atoms with Crippen LogP contribution in [0.5, 0.6) is 0 Å². The van der Waals surface area contributed by atoms with Crippen molar-refractivity contribution in [3.8, 4) is 0 Å². The maximum absolute atomic E-state index is 13.2. The van der Waals surface area contributed by atoms with E-state index in [1.807, 2.05) is 39.9 Å². The molecule has 0 spiro atoms. The number of rotatable bonds is 4. The number of carbonyl (C=O) groups is 1. The third-order valence-corrected chi connectivity index (χ3v) is 4.70. The van der Waals surface area contributed by atoms with Gasteiger partial charge < -0.3 is 9.64 Å². The van der Waals surface area contributed by atoms with Crippen LogP contribution in [-0.4, -0.2) is 45.8 Å². The second kappa shape index (κ2) is 6.64. The van der Waals surface area contributed by atoms with E-state index in [4.69, 9.17) is 4.74 Å². The Morgan fingerprint density at radius 1 is 1.24 bits per heavy atom. The molecule has 0 radical (unpaired) electrons. The second-order valence-electron chi connectivity index (χ2n) is 6.26. The normalized spacial score (nSPS) is 16.8. The summed E-state index contributed by atoms with van der Waals surface area (Å²) in [7, 11) is 1.69. The summed E-state index contributed by atoms with van der Waals surface area (Å²) < 4.78 is 7.24. The van der Waals surface area contributed by atoms with Crippen LogP contribution in [0.15, 0.2) is 48.8 Å². The lowest BCUT2D eigenvalue weighted by atomic mass is 10.1. The van der Waals surface area contributed by atoms with Crippen LogP contribution in [0.1, 0.15) is 28.5 Å². The molecule has 6 nitrogen and oxygen atoms in total. The van der Waals surface area contributed by atoms with E-state index in [0.29, 0.717) is 25.3 Å². The molecule has 3 aromatic rings. The second-order valence-corrected chi connectivity index (χ2v) is 6.26. The molecule has 0 N–H and O–H groups in total. The number of carbonyl (C=O) groups excluding carboxylic acids is 1. The molecule has 6 heteroatoms. The van der Waals surface area contributed by atoms with Gasteiger partial charge in [-0.3, -0.25) is 14.5 Å². The predicted molar refractivity (Wildman–Crippen MR) is 94.2 cm³/mol. The minimum absolute atomic E-state index is 0.0356. The van der Waals surface area contributed by atoms with E-state index in [2.05, 4.69) is 10.1 Å². The van der Waals surface area contributed by atoms with E-state index in [1.54, 1.807) is 25.6 Å². The topological polar surface area (TPSA) is 60.2 Å². The van der Waals surface area contributed by atoms with Gasteiger partial charge in [0.1, 0.15) is 0 Å². The molecule has 4 rings (SSSR count). The molecule has 0 saturated heterocycles. The molecule has 0 unspecified atom stereocenters. The number of nitrogens with zero attached hydrogens (tertiary/aromatic N) is 4. The number of benzene rings is 1. The molecule has 1 aliphatic heterocycles. The molecule has 1 aromatic carbocycles. The minimum atomic E-state index is 0.0356. The standard InChI is InChI=1S/C19H20N4O2/c1-25-11-8-15-13-22(12-14-6-10-21-23(14)15)19(24)17-7-9-20-18-5-3-2-4-16(17)18/h2-7,9-10,15H,8,11-13H2,1H3/t15-/m0/s1. The van der Waals surface area contributed by atoms with Crippen molar-refractivity contribution >= 4 is 16.8 Å². The zero-order chi connectivity index (χ0) is 17.2. The SMILES string of the molecule is COCC[C@H]1CN(C(=O)c2ccnc3ccccc23)Cc2ccnn21. The van der Waals surface area contributed by atoms with E-state index in [0.717, 1.165) is 23.0 Å². The van der Waals surface area contributed by atoms with Crippen molar-refractivity contribution in [1.29, 1.82) is 0 Å². The van der Waals surface area contributed by atoms with Gasteiger partial charge in [0.2, 0.25) is 0 Å². The quantitative estimate of drug-likeness (QED) is 0.735. The van der Waals surface area contributed by atoms with Gasteiger partial charge in [0, 0.05) is 38.0 Å². The molecule has 1 atom stereocenters. The Bertz CT molecular complexity index is 900. The predicted octanol–water partition coefficient (Wildman–Crippen LogP) is 2.66. The van der Waals surface area contributed by atoms with E-state index in [1.165, 1.54) is 0 Å². The lowest BCUT2D eigenvalue weighted by molar-refractivity contribution is 0.0643. The van der Waals surface area contributed by atoms with Crippen molar-refractivity contribution in [2.24, 2.45) is 0 Å². The Morgan fingerprint density at radius 3 is 3.00 bits per heavy atom. The molecule has 128 valence electrons. The smallest absolute Gasteiger partial charge is 0.255 e. The van der Waals surface area contributed by atoms with Gasteiger partial charge >= 0.3 is 0 Å². The molecular formula is C19H20N4O2. The summed E-state index contributed by atoms with van der Waals surface area (Å²) in [5, 5.41) is 5.31. The number of ether oxygens (including phenoxy) is 1. The molecule has 0 saturated carbocycles. The number of hydrogen-bond donors (Lipinski definition) is 0. The van der Waals surface area contributed by atoms with Gasteiger partial charge in [0.05, 0.1) is 29.4 Å². The van der Waals surface area contributed by atoms with Crippen molar-refractivity contribution in [2.45, 2.75) is 19.0 Å². The first-order valence-corrected chi connectivity index (χ1v) is 8.42. The van der Waals surface area contributed by atoms with Crippen LogP contribution in [0.4, 0.5) is 0 Å². The van der Waals surface area contributed by atoms with Crippen molar-refractivity contribution in [3.05, 3.63) is 60.0 Å². The number of pyridine rings is 1. The summed E-state index contributed by atoms with van der Waals surface area (Å²) in [6.07, 6.45) is 4.32. The molecule has 0 fully saturated rings. The van der Waals surface area contributed by atoms with Gasteiger partial charge in [-0.1, -0.05) is 18.2 Å². The van der Waals surface area contributed by atoms with Gasteiger partial charge in [-0.2, -0.15) is 5.10 Å². The highest BCUT2D eigenvalue weighted by molar-refractivity contribution is 6.05. The Morgan fingerprint density at radius 2 is 2.12 bits per heavy atom. The monoisotopic (exact) mass is 336 g/mol. The molecule has 1 amide bonds.